The van der Waals surface area contributed by atoms with Crippen LogP contribution in [0.3, 0.4) is 0 Å². The zero-order chi connectivity index (χ0) is 28.1. The first-order valence-electron chi connectivity index (χ1n) is 16.6. The molecule has 37 heavy (non-hydrogen) atoms. The number of hydrogen-bond acceptors (Lipinski definition) is 3. The fourth-order valence-corrected chi connectivity index (χ4v) is 5.68. The molecule has 0 aliphatic heterocycles. The van der Waals surface area contributed by atoms with Gasteiger partial charge in [0.25, 0.3) is 0 Å². The molecule has 0 spiro atoms. The third-order valence-electron chi connectivity index (χ3n) is 7.69. The van der Waals surface area contributed by atoms with Gasteiger partial charge in [0.05, 0.1) is 36.3 Å². The Labute approximate surface area is 235 Å². The molecule has 4 nitrogen and oxygen atoms in total. The van der Waals surface area contributed by atoms with Crippen LogP contribution in [-0.2, 0) is 10.1 Å². The Morgan fingerprint density at radius 1 is 0.405 bits per heavy atom. The van der Waals surface area contributed by atoms with E-state index in [0.717, 1.165) is 12.8 Å². The van der Waals surface area contributed by atoms with Gasteiger partial charge in [0.1, 0.15) is 0 Å². The van der Waals surface area contributed by atoms with Crippen LogP contribution in [0.2, 0.25) is 0 Å². The Morgan fingerprint density at radius 3 is 0.892 bits per heavy atom. The van der Waals surface area contributed by atoms with Crippen LogP contribution in [0.15, 0.2) is 0 Å². The zero-order valence-corrected chi connectivity index (χ0v) is 27.0. The highest BCUT2D eigenvalue weighted by atomic mass is 32.2. The number of nitrogens with zero attached hydrogens (tertiary/aromatic N) is 1. The fourth-order valence-electron chi connectivity index (χ4n) is 5.12. The van der Waals surface area contributed by atoms with Crippen LogP contribution in [0.1, 0.15) is 176 Å². The molecular formula is C32H69NO3S. The van der Waals surface area contributed by atoms with Crippen LogP contribution in [0.4, 0.5) is 0 Å². The Hall–Kier alpha value is -0.130. The highest BCUT2D eigenvalue weighted by molar-refractivity contribution is 7.85. The first-order chi connectivity index (χ1) is 17.8. The maximum Gasteiger partial charge on any atom is 0.0945 e. The van der Waals surface area contributed by atoms with Crippen LogP contribution in [0.25, 0.3) is 0 Å². The predicted molar refractivity (Wildman–Crippen MR) is 164 cm³/mol. The van der Waals surface area contributed by atoms with Gasteiger partial charge in [-0.25, -0.2) is 8.42 Å². The molecule has 0 saturated heterocycles. The topological polar surface area (TPSA) is 57.2 Å². The zero-order valence-electron chi connectivity index (χ0n) is 26.2. The largest absolute Gasteiger partial charge is 0.748 e. The molecule has 0 aromatic heterocycles. The number of unbranched alkanes of at least 4 members (excludes halogenated alkanes) is 17. The molecule has 0 saturated carbocycles. The molecule has 0 atom stereocenters. The SMILES string of the molecule is CCCCCCCCCCCCCCCCS(=O)(=O)[O-].CCCC[N+](CCCC)(CCCC)CCCC. The first kappa shape index (κ1) is 39.0. The minimum Gasteiger partial charge on any atom is -0.748 e. The Kier molecular flexibility index (Phi) is 30.4. The van der Waals surface area contributed by atoms with Crippen molar-refractivity contribution in [2.24, 2.45) is 0 Å². The second-order valence-electron chi connectivity index (χ2n) is 11.5. The van der Waals surface area contributed by atoms with E-state index in [9.17, 15) is 13.0 Å². The molecule has 0 unspecified atom stereocenters. The van der Waals surface area contributed by atoms with Crippen LogP contribution in [-0.4, -0.2) is 49.4 Å². The van der Waals surface area contributed by atoms with Crippen molar-refractivity contribution >= 4 is 10.1 Å². The van der Waals surface area contributed by atoms with Gasteiger partial charge in [-0.3, -0.25) is 0 Å². The summed E-state index contributed by atoms with van der Waals surface area (Å²) in [5.74, 6) is -0.189. The molecule has 226 valence electrons. The average Bonchev–Trinajstić information content (AvgIpc) is 2.88. The second-order valence-corrected chi connectivity index (χ2v) is 13.0. The van der Waals surface area contributed by atoms with Crippen LogP contribution in [0, 0.1) is 0 Å². The lowest BCUT2D eigenvalue weighted by atomic mass is 10.0. The van der Waals surface area contributed by atoms with Crippen molar-refractivity contribution in [2.75, 3.05) is 31.9 Å². The molecule has 0 N–H and O–H groups in total. The summed E-state index contributed by atoms with van der Waals surface area (Å²) in [4.78, 5) is 0. The minimum atomic E-state index is -3.99. The smallest absolute Gasteiger partial charge is 0.0945 e. The monoisotopic (exact) mass is 547 g/mol. The van der Waals surface area contributed by atoms with Crippen LogP contribution >= 0.6 is 0 Å². The molecule has 0 heterocycles. The van der Waals surface area contributed by atoms with E-state index in [0.29, 0.717) is 6.42 Å². The Balaban J connectivity index is 0. The molecule has 0 radical (unpaired) electrons. The summed E-state index contributed by atoms with van der Waals surface area (Å²) >= 11 is 0. The fraction of sp³-hybridized carbons (Fsp3) is 1.00. The third-order valence-corrected chi connectivity index (χ3v) is 8.48. The van der Waals surface area contributed by atoms with Crippen molar-refractivity contribution in [1.82, 2.24) is 0 Å². The van der Waals surface area contributed by atoms with Crippen LogP contribution in [0.5, 0.6) is 0 Å². The molecule has 0 fully saturated rings. The minimum absolute atomic E-state index is 0.189. The molecule has 0 amide bonds. The molecule has 0 aromatic rings. The highest BCUT2D eigenvalue weighted by Crippen LogP contribution is 2.16. The summed E-state index contributed by atoms with van der Waals surface area (Å²) in [5.41, 5.74) is 0. The molecule has 0 aliphatic rings. The van der Waals surface area contributed by atoms with Gasteiger partial charge in [0.2, 0.25) is 0 Å². The van der Waals surface area contributed by atoms with E-state index in [1.807, 2.05) is 0 Å². The normalized spacial score (nSPS) is 11.9. The van der Waals surface area contributed by atoms with Gasteiger partial charge in [0.15, 0.2) is 0 Å². The lowest BCUT2D eigenvalue weighted by molar-refractivity contribution is -0.929. The van der Waals surface area contributed by atoms with Gasteiger partial charge in [-0.2, -0.15) is 0 Å². The van der Waals surface area contributed by atoms with Gasteiger partial charge >= 0.3 is 0 Å². The summed E-state index contributed by atoms with van der Waals surface area (Å²) in [6.07, 6.45) is 28.2. The van der Waals surface area contributed by atoms with E-state index in [-0.39, 0.29) is 5.75 Å². The van der Waals surface area contributed by atoms with Gasteiger partial charge in [-0.05, 0) is 32.1 Å². The van der Waals surface area contributed by atoms with E-state index in [4.69, 9.17) is 0 Å². The van der Waals surface area contributed by atoms with Crippen molar-refractivity contribution < 1.29 is 17.5 Å². The quantitative estimate of drug-likeness (QED) is 0.0584. The Morgan fingerprint density at radius 2 is 0.649 bits per heavy atom. The molecule has 0 bridgehead atoms. The number of quaternary nitrogens is 1. The maximum atomic E-state index is 10.4. The molecular weight excluding hydrogens is 478 g/mol. The van der Waals surface area contributed by atoms with Crippen molar-refractivity contribution in [3.8, 4) is 0 Å². The molecule has 5 heteroatoms. The van der Waals surface area contributed by atoms with E-state index in [2.05, 4.69) is 34.6 Å². The first-order valence-corrected chi connectivity index (χ1v) is 18.2. The van der Waals surface area contributed by atoms with Crippen molar-refractivity contribution in [3.05, 3.63) is 0 Å². The summed E-state index contributed by atoms with van der Waals surface area (Å²) in [5, 5.41) is 0. The summed E-state index contributed by atoms with van der Waals surface area (Å²) < 4.78 is 32.6. The average molecular weight is 548 g/mol. The van der Waals surface area contributed by atoms with Gasteiger partial charge < -0.3 is 9.04 Å². The van der Waals surface area contributed by atoms with Crippen molar-refractivity contribution in [1.29, 1.82) is 0 Å². The van der Waals surface area contributed by atoms with Crippen molar-refractivity contribution in [3.63, 3.8) is 0 Å². The van der Waals surface area contributed by atoms with Gasteiger partial charge in [-0.1, -0.05) is 144 Å². The van der Waals surface area contributed by atoms with Gasteiger partial charge in [0, 0.05) is 5.75 Å². The maximum absolute atomic E-state index is 10.4. The lowest BCUT2D eigenvalue weighted by Crippen LogP contribution is -2.50. The van der Waals surface area contributed by atoms with E-state index in [1.165, 1.54) is 153 Å². The van der Waals surface area contributed by atoms with E-state index >= 15 is 0 Å². The highest BCUT2D eigenvalue weighted by Gasteiger charge is 2.24. The predicted octanol–water partition coefficient (Wildman–Crippen LogP) is 10.0. The standard InChI is InChI=1S/C16H36N.C16H34O3S/c1-5-9-13-17(14-10-6-2,15-11-7-3)16-12-8-4;1-2-3-4-5-6-7-8-9-10-11-12-13-14-15-16-20(17,18)19/h5-16H2,1-4H3;2-16H2,1H3,(H,17,18,19)/q+1;/p-1. The third kappa shape index (κ3) is 30.3. The molecule has 0 aliphatic carbocycles. The Bertz CT molecular complexity index is 499. The second kappa shape index (κ2) is 28.9. The molecule has 0 aromatic carbocycles. The molecule has 0 rings (SSSR count). The number of hydrogen-bond donors (Lipinski definition) is 0. The lowest BCUT2D eigenvalue weighted by Gasteiger charge is -2.39. The summed E-state index contributed by atoms with van der Waals surface area (Å²) in [6, 6.07) is 0. The van der Waals surface area contributed by atoms with E-state index in [1.54, 1.807) is 0 Å². The van der Waals surface area contributed by atoms with Gasteiger partial charge in [-0.15, -0.1) is 0 Å². The van der Waals surface area contributed by atoms with E-state index < -0.39 is 10.1 Å². The summed E-state index contributed by atoms with van der Waals surface area (Å²) in [6.45, 7) is 17.3. The number of rotatable bonds is 27. The summed E-state index contributed by atoms with van der Waals surface area (Å²) in [7, 11) is -3.99. The van der Waals surface area contributed by atoms with Crippen LogP contribution < -0.4 is 0 Å². The van der Waals surface area contributed by atoms with Crippen molar-refractivity contribution in [2.45, 2.75) is 176 Å².